The molecule has 11 heteroatoms. The first-order valence-electron chi connectivity index (χ1n) is 13.0. The van der Waals surface area contributed by atoms with Gasteiger partial charge in [-0.3, -0.25) is 13.9 Å². The highest BCUT2D eigenvalue weighted by molar-refractivity contribution is 7.92. The number of ether oxygens (including phenoxy) is 2. The summed E-state index contributed by atoms with van der Waals surface area (Å²) < 4.78 is 53.6. The number of anilines is 1. The Morgan fingerprint density at radius 1 is 0.975 bits per heavy atom. The summed E-state index contributed by atoms with van der Waals surface area (Å²) in [6, 6.07) is 17.2. The van der Waals surface area contributed by atoms with Crippen LogP contribution in [0.4, 0.5) is 10.1 Å². The predicted octanol–water partition coefficient (Wildman–Crippen LogP) is 3.74. The summed E-state index contributed by atoms with van der Waals surface area (Å²) in [5, 5.41) is 2.80. The largest absolute Gasteiger partial charge is 0.486 e. The molecule has 0 bridgehead atoms. The lowest BCUT2D eigenvalue weighted by Gasteiger charge is -2.32. The fourth-order valence-electron chi connectivity index (χ4n) is 4.21. The second-order valence-corrected chi connectivity index (χ2v) is 11.1. The summed E-state index contributed by atoms with van der Waals surface area (Å²) in [5.41, 5.74) is 0.862. The van der Waals surface area contributed by atoms with Crippen LogP contribution in [0.5, 0.6) is 11.5 Å². The summed E-state index contributed by atoms with van der Waals surface area (Å²) in [5.74, 6) is -0.832. The van der Waals surface area contributed by atoms with Crippen LogP contribution in [0.25, 0.3) is 0 Å². The van der Waals surface area contributed by atoms with Gasteiger partial charge in [0.25, 0.3) is 10.0 Å². The number of rotatable bonds is 11. The van der Waals surface area contributed by atoms with Crippen LogP contribution in [0.1, 0.15) is 25.8 Å². The van der Waals surface area contributed by atoms with Crippen molar-refractivity contribution in [2.45, 2.75) is 37.8 Å². The molecule has 1 aliphatic rings. The van der Waals surface area contributed by atoms with Crippen LogP contribution in [0.2, 0.25) is 0 Å². The molecular formula is C29H32FN3O6S. The summed E-state index contributed by atoms with van der Waals surface area (Å²) in [7, 11) is -4.33. The van der Waals surface area contributed by atoms with Gasteiger partial charge in [0.15, 0.2) is 11.5 Å². The Morgan fingerprint density at radius 2 is 1.65 bits per heavy atom. The Bertz CT molecular complexity index is 1430. The second-order valence-electron chi connectivity index (χ2n) is 9.27. The summed E-state index contributed by atoms with van der Waals surface area (Å²) >= 11 is 0. The first-order valence-corrected chi connectivity index (χ1v) is 14.4. The minimum Gasteiger partial charge on any atom is -0.486 e. The average molecular weight is 570 g/mol. The van der Waals surface area contributed by atoms with Crippen molar-refractivity contribution in [2.24, 2.45) is 0 Å². The predicted molar refractivity (Wildman–Crippen MR) is 148 cm³/mol. The molecule has 0 saturated carbocycles. The number of fused-ring (bicyclic) bond motifs is 1. The smallest absolute Gasteiger partial charge is 0.264 e. The molecule has 9 nitrogen and oxygen atoms in total. The maximum atomic E-state index is 14.0. The van der Waals surface area contributed by atoms with Gasteiger partial charge in [0, 0.05) is 19.2 Å². The third kappa shape index (κ3) is 6.71. The Hall–Kier alpha value is -4.12. The first kappa shape index (κ1) is 28.9. The fraction of sp³-hybridized carbons (Fsp3) is 0.310. The minimum absolute atomic E-state index is 0.0850. The van der Waals surface area contributed by atoms with E-state index in [0.717, 1.165) is 28.4 Å². The highest BCUT2D eigenvalue weighted by atomic mass is 32.2. The van der Waals surface area contributed by atoms with E-state index in [1.807, 2.05) is 37.3 Å². The van der Waals surface area contributed by atoms with E-state index in [1.54, 1.807) is 6.92 Å². The maximum absolute atomic E-state index is 14.0. The molecule has 4 rings (SSSR count). The van der Waals surface area contributed by atoms with Gasteiger partial charge in [-0.1, -0.05) is 37.3 Å². The van der Waals surface area contributed by atoms with Gasteiger partial charge in [-0.05, 0) is 55.3 Å². The SMILES string of the molecule is CCCNC(=O)[C@H](C)N(Cc1ccccc1)C(=O)CN(c1ccc(F)cc1)S(=O)(=O)c1ccc2c(c1)OCCO2. The van der Waals surface area contributed by atoms with Crippen molar-refractivity contribution in [2.75, 3.05) is 30.6 Å². The summed E-state index contributed by atoms with van der Waals surface area (Å²) in [6.07, 6.45) is 0.719. The molecule has 1 atom stereocenters. The molecule has 0 saturated heterocycles. The van der Waals surface area contributed by atoms with E-state index in [1.165, 1.54) is 35.2 Å². The molecular weight excluding hydrogens is 537 g/mol. The molecule has 1 aliphatic heterocycles. The molecule has 212 valence electrons. The molecule has 0 fully saturated rings. The number of halogens is 1. The van der Waals surface area contributed by atoms with Crippen molar-refractivity contribution in [3.63, 3.8) is 0 Å². The van der Waals surface area contributed by atoms with Crippen LogP contribution in [0, 0.1) is 5.82 Å². The standard InChI is InChI=1S/C29H32FN3O6S/c1-3-15-31-29(35)21(2)32(19-22-7-5-4-6-8-22)28(34)20-33(24-11-9-23(30)10-12-24)40(36,37)25-13-14-26-27(18-25)39-17-16-38-26/h4-14,18,21H,3,15-17,19-20H2,1-2H3,(H,31,35)/t21-/m0/s1. The van der Waals surface area contributed by atoms with Gasteiger partial charge in [-0.2, -0.15) is 0 Å². The Labute approximate surface area is 233 Å². The third-order valence-electron chi connectivity index (χ3n) is 6.41. The lowest BCUT2D eigenvalue weighted by molar-refractivity contribution is -0.139. The van der Waals surface area contributed by atoms with Crippen molar-refractivity contribution in [3.05, 3.63) is 84.2 Å². The van der Waals surface area contributed by atoms with Crippen LogP contribution < -0.4 is 19.1 Å². The number of nitrogens with zero attached hydrogens (tertiary/aromatic N) is 2. The topological polar surface area (TPSA) is 105 Å². The maximum Gasteiger partial charge on any atom is 0.264 e. The molecule has 1 N–H and O–H groups in total. The van der Waals surface area contributed by atoms with Gasteiger partial charge in [0.05, 0.1) is 10.6 Å². The van der Waals surface area contributed by atoms with Crippen molar-refractivity contribution >= 4 is 27.5 Å². The monoisotopic (exact) mass is 569 g/mol. The van der Waals surface area contributed by atoms with Gasteiger partial charge < -0.3 is 19.7 Å². The average Bonchev–Trinajstić information content (AvgIpc) is 2.97. The number of benzene rings is 3. The van der Waals surface area contributed by atoms with Gasteiger partial charge in [-0.25, -0.2) is 12.8 Å². The zero-order chi connectivity index (χ0) is 28.7. The number of nitrogens with one attached hydrogen (secondary N) is 1. The van der Waals surface area contributed by atoms with Gasteiger partial charge in [0.1, 0.15) is 31.6 Å². The van der Waals surface area contributed by atoms with Crippen LogP contribution in [0.3, 0.4) is 0 Å². The van der Waals surface area contributed by atoms with E-state index in [0.29, 0.717) is 18.9 Å². The van der Waals surface area contributed by atoms with E-state index in [2.05, 4.69) is 5.32 Å². The van der Waals surface area contributed by atoms with E-state index < -0.39 is 34.3 Å². The quantitative estimate of drug-likeness (QED) is 0.377. The molecule has 40 heavy (non-hydrogen) atoms. The van der Waals surface area contributed by atoms with Crippen LogP contribution in [-0.4, -0.2) is 57.5 Å². The van der Waals surface area contributed by atoms with E-state index in [9.17, 15) is 22.4 Å². The van der Waals surface area contributed by atoms with Crippen molar-refractivity contribution in [1.29, 1.82) is 0 Å². The summed E-state index contributed by atoms with van der Waals surface area (Å²) in [6.45, 7) is 4.03. The van der Waals surface area contributed by atoms with Crippen LogP contribution in [-0.2, 0) is 26.2 Å². The van der Waals surface area contributed by atoms with E-state index >= 15 is 0 Å². The minimum atomic E-state index is -4.33. The molecule has 0 spiro atoms. The molecule has 0 radical (unpaired) electrons. The highest BCUT2D eigenvalue weighted by Gasteiger charge is 2.33. The molecule has 0 unspecified atom stereocenters. The second kappa shape index (κ2) is 12.8. The number of sulfonamides is 1. The Balaban J connectivity index is 1.70. The highest BCUT2D eigenvalue weighted by Crippen LogP contribution is 2.34. The zero-order valence-corrected chi connectivity index (χ0v) is 23.2. The van der Waals surface area contributed by atoms with Gasteiger partial charge in [0.2, 0.25) is 11.8 Å². The molecule has 3 aromatic rings. The number of amides is 2. The van der Waals surface area contributed by atoms with Crippen molar-refractivity contribution in [3.8, 4) is 11.5 Å². The Kier molecular flexibility index (Phi) is 9.26. The number of hydrogen-bond donors (Lipinski definition) is 1. The summed E-state index contributed by atoms with van der Waals surface area (Å²) in [4.78, 5) is 27.9. The molecule has 0 aliphatic carbocycles. The van der Waals surface area contributed by atoms with E-state index in [-0.39, 0.29) is 35.4 Å². The van der Waals surface area contributed by atoms with Gasteiger partial charge in [-0.15, -0.1) is 0 Å². The molecule has 1 heterocycles. The first-order chi connectivity index (χ1) is 19.2. The van der Waals surface area contributed by atoms with Crippen LogP contribution in [0.15, 0.2) is 77.7 Å². The normalized spacial score (nSPS) is 13.3. The van der Waals surface area contributed by atoms with Gasteiger partial charge >= 0.3 is 0 Å². The number of carbonyl (C=O) groups is 2. The third-order valence-corrected chi connectivity index (χ3v) is 8.18. The van der Waals surface area contributed by atoms with E-state index in [4.69, 9.17) is 9.47 Å². The number of hydrogen-bond acceptors (Lipinski definition) is 6. The molecule has 2 amide bonds. The number of carbonyl (C=O) groups excluding carboxylic acids is 2. The molecule has 0 aromatic heterocycles. The van der Waals surface area contributed by atoms with Crippen LogP contribution >= 0.6 is 0 Å². The molecule has 3 aromatic carbocycles. The van der Waals surface area contributed by atoms with Crippen molar-refractivity contribution < 1.29 is 31.9 Å². The Morgan fingerprint density at radius 3 is 2.33 bits per heavy atom. The lowest BCUT2D eigenvalue weighted by atomic mass is 10.1. The van der Waals surface area contributed by atoms with Crippen molar-refractivity contribution in [1.82, 2.24) is 10.2 Å². The lowest BCUT2D eigenvalue weighted by Crippen LogP contribution is -2.51. The zero-order valence-electron chi connectivity index (χ0n) is 22.4. The fourth-order valence-corrected chi connectivity index (χ4v) is 5.64.